The van der Waals surface area contributed by atoms with Crippen molar-refractivity contribution in [2.24, 2.45) is 0 Å². The van der Waals surface area contributed by atoms with Crippen LogP contribution in [0.15, 0.2) is 17.6 Å². The van der Waals surface area contributed by atoms with Crippen molar-refractivity contribution in [1.82, 2.24) is 19.7 Å². The monoisotopic (exact) mass is 291 g/mol. The van der Waals surface area contributed by atoms with Gasteiger partial charge >= 0.3 is 0 Å². The van der Waals surface area contributed by atoms with Crippen molar-refractivity contribution >= 4 is 23.1 Å². The van der Waals surface area contributed by atoms with Gasteiger partial charge in [-0.3, -0.25) is 9.48 Å². The smallest absolute Gasteiger partial charge is 0.273 e. The van der Waals surface area contributed by atoms with Gasteiger partial charge in [-0.15, -0.1) is 11.3 Å². The summed E-state index contributed by atoms with van der Waals surface area (Å²) in [7, 11) is 0. The number of aromatic nitrogens is 3. The number of hydrogen-bond acceptors (Lipinski definition) is 5. The summed E-state index contributed by atoms with van der Waals surface area (Å²) < 4.78 is 1.91. The summed E-state index contributed by atoms with van der Waals surface area (Å²) in [6.45, 7) is 3.38. The lowest BCUT2D eigenvalue weighted by atomic mass is 10.1. The molecule has 6 nitrogen and oxygen atoms in total. The first-order valence-corrected chi connectivity index (χ1v) is 7.53. The first kappa shape index (κ1) is 13.1. The van der Waals surface area contributed by atoms with Crippen LogP contribution in [-0.2, 0) is 0 Å². The van der Waals surface area contributed by atoms with Gasteiger partial charge in [0.2, 0.25) is 0 Å². The Balaban J connectivity index is 1.62. The van der Waals surface area contributed by atoms with Gasteiger partial charge in [-0.25, -0.2) is 4.98 Å². The first-order valence-electron chi connectivity index (χ1n) is 6.65. The van der Waals surface area contributed by atoms with Gasteiger partial charge in [0.1, 0.15) is 11.5 Å². The number of carbonyl (C=O) groups excluding carboxylic acids is 1. The normalized spacial score (nSPS) is 16.6. The van der Waals surface area contributed by atoms with Gasteiger partial charge in [-0.05, 0) is 25.8 Å². The minimum atomic E-state index is 0.0350. The SMILES string of the molecule is Cc1nc(C(=O)N2CCC(n3ccc(N)n3)CC2)cs1. The molecule has 1 aliphatic rings. The molecule has 0 saturated carbocycles. The first-order chi connectivity index (χ1) is 9.63. The van der Waals surface area contributed by atoms with Gasteiger partial charge in [0.05, 0.1) is 11.0 Å². The van der Waals surface area contributed by atoms with E-state index in [0.29, 0.717) is 17.6 Å². The number of likely N-dealkylation sites (tertiary alicyclic amines) is 1. The highest BCUT2D eigenvalue weighted by Gasteiger charge is 2.26. The van der Waals surface area contributed by atoms with Crippen molar-refractivity contribution in [3.63, 3.8) is 0 Å². The van der Waals surface area contributed by atoms with Crippen LogP contribution in [0, 0.1) is 6.92 Å². The van der Waals surface area contributed by atoms with E-state index in [1.165, 1.54) is 11.3 Å². The predicted molar refractivity (Wildman–Crippen MR) is 77.7 cm³/mol. The molecule has 0 atom stereocenters. The molecule has 0 spiro atoms. The second kappa shape index (κ2) is 5.24. The maximum Gasteiger partial charge on any atom is 0.273 e. The fourth-order valence-corrected chi connectivity index (χ4v) is 3.10. The lowest BCUT2D eigenvalue weighted by Gasteiger charge is -2.31. The fourth-order valence-electron chi connectivity index (χ4n) is 2.51. The zero-order valence-corrected chi connectivity index (χ0v) is 12.1. The minimum Gasteiger partial charge on any atom is -0.382 e. The summed E-state index contributed by atoms with van der Waals surface area (Å²) >= 11 is 1.51. The Morgan fingerprint density at radius 3 is 2.75 bits per heavy atom. The van der Waals surface area contributed by atoms with E-state index in [-0.39, 0.29) is 5.91 Å². The highest BCUT2D eigenvalue weighted by Crippen LogP contribution is 2.23. The lowest BCUT2D eigenvalue weighted by molar-refractivity contribution is 0.0684. The van der Waals surface area contributed by atoms with Gasteiger partial charge in [0, 0.05) is 24.7 Å². The molecule has 0 aliphatic carbocycles. The van der Waals surface area contributed by atoms with E-state index in [0.717, 1.165) is 30.9 Å². The van der Waals surface area contributed by atoms with E-state index >= 15 is 0 Å². The summed E-state index contributed by atoms with van der Waals surface area (Å²) in [5, 5.41) is 7.00. The van der Waals surface area contributed by atoms with Gasteiger partial charge in [-0.2, -0.15) is 5.10 Å². The second-order valence-electron chi connectivity index (χ2n) is 5.00. The van der Waals surface area contributed by atoms with Crippen LogP contribution in [0.5, 0.6) is 0 Å². The predicted octanol–water partition coefficient (Wildman–Crippen LogP) is 1.71. The minimum absolute atomic E-state index is 0.0350. The standard InChI is InChI=1S/C13H17N5OS/c1-9-15-11(8-20-9)13(19)17-5-2-10(3-6-17)18-7-4-12(14)16-18/h4,7-8,10H,2-3,5-6H2,1H3,(H2,14,16). The molecule has 20 heavy (non-hydrogen) atoms. The molecule has 1 aliphatic heterocycles. The summed E-state index contributed by atoms with van der Waals surface area (Å²) in [4.78, 5) is 18.4. The molecule has 0 aromatic carbocycles. The number of nitrogens with zero attached hydrogens (tertiary/aromatic N) is 4. The molecular formula is C13H17N5OS. The molecule has 2 aromatic rings. The molecule has 7 heteroatoms. The molecule has 0 bridgehead atoms. The zero-order valence-electron chi connectivity index (χ0n) is 11.3. The Labute approximate surface area is 121 Å². The number of carbonyl (C=O) groups is 1. The summed E-state index contributed by atoms with van der Waals surface area (Å²) in [6, 6.07) is 2.13. The Hall–Kier alpha value is -1.89. The van der Waals surface area contributed by atoms with E-state index in [2.05, 4.69) is 10.1 Å². The molecule has 3 rings (SSSR count). The molecule has 1 saturated heterocycles. The van der Waals surface area contributed by atoms with E-state index in [9.17, 15) is 4.79 Å². The summed E-state index contributed by atoms with van der Waals surface area (Å²) in [5.41, 5.74) is 6.20. The highest BCUT2D eigenvalue weighted by molar-refractivity contribution is 7.09. The average Bonchev–Trinajstić information content (AvgIpc) is 3.07. The Kier molecular flexibility index (Phi) is 3.43. The number of nitrogens with two attached hydrogens (primary N) is 1. The van der Waals surface area contributed by atoms with Crippen molar-refractivity contribution in [3.8, 4) is 0 Å². The highest BCUT2D eigenvalue weighted by atomic mass is 32.1. The second-order valence-corrected chi connectivity index (χ2v) is 6.06. The molecule has 3 heterocycles. The average molecular weight is 291 g/mol. The van der Waals surface area contributed by atoms with Crippen LogP contribution in [0.2, 0.25) is 0 Å². The fraction of sp³-hybridized carbons (Fsp3) is 0.462. The number of amides is 1. The number of piperidine rings is 1. The van der Waals surface area contributed by atoms with Crippen molar-refractivity contribution in [2.75, 3.05) is 18.8 Å². The van der Waals surface area contributed by atoms with Crippen LogP contribution < -0.4 is 5.73 Å². The van der Waals surface area contributed by atoms with Crippen molar-refractivity contribution in [2.45, 2.75) is 25.8 Å². The van der Waals surface area contributed by atoms with Crippen LogP contribution in [0.3, 0.4) is 0 Å². The van der Waals surface area contributed by atoms with Gasteiger partial charge in [0.15, 0.2) is 0 Å². The molecule has 1 amide bonds. The molecular weight excluding hydrogens is 274 g/mol. The number of thiazole rings is 1. The van der Waals surface area contributed by atoms with E-state index < -0.39 is 0 Å². The van der Waals surface area contributed by atoms with Gasteiger partial charge in [0.25, 0.3) is 5.91 Å². The maximum atomic E-state index is 12.3. The number of hydrogen-bond donors (Lipinski definition) is 1. The van der Waals surface area contributed by atoms with E-state index in [4.69, 9.17) is 5.73 Å². The van der Waals surface area contributed by atoms with Crippen LogP contribution in [0.25, 0.3) is 0 Å². The molecule has 0 radical (unpaired) electrons. The number of aryl methyl sites for hydroxylation is 1. The van der Waals surface area contributed by atoms with Gasteiger partial charge < -0.3 is 10.6 Å². The Bertz CT molecular complexity index is 612. The Morgan fingerprint density at radius 2 is 2.20 bits per heavy atom. The number of anilines is 1. The number of rotatable bonds is 2. The largest absolute Gasteiger partial charge is 0.382 e. The quantitative estimate of drug-likeness (QED) is 0.913. The molecule has 2 N–H and O–H groups in total. The molecule has 1 fully saturated rings. The Morgan fingerprint density at radius 1 is 1.45 bits per heavy atom. The molecule has 0 unspecified atom stereocenters. The lowest BCUT2D eigenvalue weighted by Crippen LogP contribution is -2.39. The van der Waals surface area contributed by atoms with Gasteiger partial charge in [-0.1, -0.05) is 0 Å². The third-order valence-electron chi connectivity index (χ3n) is 3.59. The third kappa shape index (κ3) is 2.53. The summed E-state index contributed by atoms with van der Waals surface area (Å²) in [6.07, 6.45) is 3.70. The molecule has 106 valence electrons. The molecule has 2 aromatic heterocycles. The van der Waals surface area contributed by atoms with Crippen LogP contribution in [0.4, 0.5) is 5.82 Å². The van der Waals surface area contributed by atoms with Crippen LogP contribution in [-0.4, -0.2) is 38.7 Å². The van der Waals surface area contributed by atoms with E-state index in [1.54, 1.807) is 6.07 Å². The van der Waals surface area contributed by atoms with Crippen molar-refractivity contribution in [1.29, 1.82) is 0 Å². The van der Waals surface area contributed by atoms with Crippen LogP contribution in [0.1, 0.15) is 34.4 Å². The van der Waals surface area contributed by atoms with Crippen LogP contribution >= 0.6 is 11.3 Å². The number of nitrogen functional groups attached to an aromatic ring is 1. The van der Waals surface area contributed by atoms with Crippen molar-refractivity contribution in [3.05, 3.63) is 28.3 Å². The van der Waals surface area contributed by atoms with E-state index in [1.807, 2.05) is 28.1 Å². The third-order valence-corrected chi connectivity index (χ3v) is 4.37. The topological polar surface area (TPSA) is 77.0 Å². The maximum absolute atomic E-state index is 12.3. The summed E-state index contributed by atoms with van der Waals surface area (Å²) in [5.74, 6) is 0.578. The van der Waals surface area contributed by atoms with Crippen molar-refractivity contribution < 1.29 is 4.79 Å². The zero-order chi connectivity index (χ0) is 14.1.